The van der Waals surface area contributed by atoms with Crippen LogP contribution in [0.5, 0.6) is 0 Å². The number of rotatable bonds is 4. The number of nitrogens with zero attached hydrogens (tertiary/aromatic N) is 2. The van der Waals surface area contributed by atoms with Gasteiger partial charge in [0.25, 0.3) is 0 Å². The van der Waals surface area contributed by atoms with Crippen LogP contribution in [0.4, 0.5) is 10.2 Å². The summed E-state index contributed by atoms with van der Waals surface area (Å²) >= 11 is 5.82. The molecule has 0 radical (unpaired) electrons. The molecule has 2 rings (SSSR count). The van der Waals surface area contributed by atoms with Crippen LogP contribution in [0.1, 0.15) is 13.3 Å². The number of nitrogens with one attached hydrogen (secondary N) is 1. The van der Waals surface area contributed by atoms with E-state index in [2.05, 4.69) is 22.2 Å². The molecular formula is C13H13ClFN3. The van der Waals surface area contributed by atoms with Crippen molar-refractivity contribution in [3.63, 3.8) is 0 Å². The van der Waals surface area contributed by atoms with Gasteiger partial charge < -0.3 is 5.32 Å². The molecule has 0 saturated carbocycles. The summed E-state index contributed by atoms with van der Waals surface area (Å²) in [7, 11) is 0. The van der Waals surface area contributed by atoms with Crippen LogP contribution < -0.4 is 5.32 Å². The summed E-state index contributed by atoms with van der Waals surface area (Å²) < 4.78 is 13.3. The van der Waals surface area contributed by atoms with Crippen molar-refractivity contribution in [3.8, 4) is 11.3 Å². The Kier molecular flexibility index (Phi) is 4.10. The van der Waals surface area contributed by atoms with E-state index in [0.29, 0.717) is 16.3 Å². The van der Waals surface area contributed by atoms with Crippen molar-refractivity contribution in [2.24, 2.45) is 0 Å². The molecule has 0 spiro atoms. The van der Waals surface area contributed by atoms with E-state index < -0.39 is 0 Å². The van der Waals surface area contributed by atoms with Crippen LogP contribution in [0.15, 0.2) is 30.6 Å². The number of hydrogen-bond acceptors (Lipinski definition) is 3. The summed E-state index contributed by atoms with van der Waals surface area (Å²) in [4.78, 5) is 8.22. The van der Waals surface area contributed by atoms with Crippen LogP contribution in [0, 0.1) is 5.82 Å². The maximum atomic E-state index is 13.3. The normalized spacial score (nSPS) is 10.4. The van der Waals surface area contributed by atoms with Crippen molar-refractivity contribution in [2.75, 3.05) is 11.9 Å². The fraction of sp³-hybridized carbons (Fsp3) is 0.231. The van der Waals surface area contributed by atoms with E-state index in [1.165, 1.54) is 18.5 Å². The summed E-state index contributed by atoms with van der Waals surface area (Å²) in [6.07, 6.45) is 2.46. The first-order valence-electron chi connectivity index (χ1n) is 5.71. The Balaban J connectivity index is 2.32. The lowest BCUT2D eigenvalue weighted by Gasteiger charge is -2.06. The zero-order chi connectivity index (χ0) is 13.0. The van der Waals surface area contributed by atoms with Gasteiger partial charge in [-0.2, -0.15) is 0 Å². The third kappa shape index (κ3) is 3.17. The van der Waals surface area contributed by atoms with Crippen LogP contribution in [0.3, 0.4) is 0 Å². The lowest BCUT2D eigenvalue weighted by Crippen LogP contribution is -2.02. The van der Waals surface area contributed by atoms with Crippen molar-refractivity contribution >= 4 is 17.4 Å². The van der Waals surface area contributed by atoms with E-state index in [0.717, 1.165) is 18.8 Å². The van der Waals surface area contributed by atoms with Crippen LogP contribution in [-0.4, -0.2) is 16.5 Å². The highest BCUT2D eigenvalue weighted by molar-refractivity contribution is 6.30. The Morgan fingerprint density at radius 3 is 2.78 bits per heavy atom. The van der Waals surface area contributed by atoms with E-state index in [4.69, 9.17) is 11.6 Å². The van der Waals surface area contributed by atoms with E-state index >= 15 is 0 Å². The molecule has 0 aliphatic rings. The van der Waals surface area contributed by atoms with Gasteiger partial charge in [-0.15, -0.1) is 0 Å². The Morgan fingerprint density at radius 2 is 2.06 bits per heavy atom. The second-order valence-electron chi connectivity index (χ2n) is 3.87. The molecule has 5 heteroatoms. The van der Waals surface area contributed by atoms with Crippen molar-refractivity contribution in [3.05, 3.63) is 41.4 Å². The molecular weight excluding hydrogens is 253 g/mol. The van der Waals surface area contributed by atoms with Gasteiger partial charge in [0.05, 0.1) is 5.69 Å². The van der Waals surface area contributed by atoms with Gasteiger partial charge in [0, 0.05) is 23.2 Å². The maximum absolute atomic E-state index is 13.3. The fourth-order valence-electron chi connectivity index (χ4n) is 1.57. The highest BCUT2D eigenvalue weighted by Crippen LogP contribution is 2.23. The Labute approximate surface area is 110 Å². The molecule has 1 aromatic heterocycles. The van der Waals surface area contributed by atoms with Gasteiger partial charge in [-0.1, -0.05) is 18.5 Å². The second-order valence-corrected chi connectivity index (χ2v) is 4.31. The van der Waals surface area contributed by atoms with Crippen LogP contribution in [-0.2, 0) is 0 Å². The molecule has 2 aromatic rings. The van der Waals surface area contributed by atoms with Crippen molar-refractivity contribution in [1.82, 2.24) is 9.97 Å². The largest absolute Gasteiger partial charge is 0.370 e. The van der Waals surface area contributed by atoms with Crippen LogP contribution >= 0.6 is 11.6 Å². The first-order chi connectivity index (χ1) is 8.69. The van der Waals surface area contributed by atoms with E-state index in [-0.39, 0.29) is 5.82 Å². The molecule has 0 bridgehead atoms. The maximum Gasteiger partial charge on any atom is 0.129 e. The molecule has 1 heterocycles. The first-order valence-corrected chi connectivity index (χ1v) is 6.09. The third-order valence-corrected chi connectivity index (χ3v) is 2.60. The zero-order valence-corrected chi connectivity index (χ0v) is 10.7. The molecule has 0 atom stereocenters. The molecule has 0 unspecified atom stereocenters. The minimum absolute atomic E-state index is 0.353. The lowest BCUT2D eigenvalue weighted by atomic mass is 10.1. The lowest BCUT2D eigenvalue weighted by molar-refractivity contribution is 0.628. The summed E-state index contributed by atoms with van der Waals surface area (Å²) in [6, 6.07) is 6.12. The predicted molar refractivity (Wildman–Crippen MR) is 71.2 cm³/mol. The van der Waals surface area contributed by atoms with Crippen molar-refractivity contribution < 1.29 is 4.39 Å². The molecule has 0 saturated heterocycles. The van der Waals surface area contributed by atoms with Gasteiger partial charge in [0.1, 0.15) is 18.0 Å². The first kappa shape index (κ1) is 12.8. The minimum Gasteiger partial charge on any atom is -0.370 e. The predicted octanol–water partition coefficient (Wildman–Crippen LogP) is 3.76. The minimum atomic E-state index is -0.376. The molecule has 0 aliphatic carbocycles. The number of halogens is 2. The highest BCUT2D eigenvalue weighted by Gasteiger charge is 2.05. The molecule has 0 amide bonds. The molecule has 0 fully saturated rings. The number of benzene rings is 1. The number of aromatic nitrogens is 2. The van der Waals surface area contributed by atoms with Gasteiger partial charge in [-0.05, 0) is 24.6 Å². The summed E-state index contributed by atoms with van der Waals surface area (Å²) in [5, 5.41) is 3.51. The smallest absolute Gasteiger partial charge is 0.129 e. The zero-order valence-electron chi connectivity index (χ0n) is 9.95. The molecule has 18 heavy (non-hydrogen) atoms. The van der Waals surface area contributed by atoms with E-state index in [9.17, 15) is 4.39 Å². The van der Waals surface area contributed by atoms with Crippen molar-refractivity contribution in [1.29, 1.82) is 0 Å². The second kappa shape index (κ2) is 5.78. The summed E-state index contributed by atoms with van der Waals surface area (Å²) in [5.74, 6) is 0.349. The Morgan fingerprint density at radius 1 is 1.22 bits per heavy atom. The number of anilines is 1. The monoisotopic (exact) mass is 265 g/mol. The highest BCUT2D eigenvalue weighted by atomic mass is 35.5. The fourth-order valence-corrected chi connectivity index (χ4v) is 1.79. The Hall–Kier alpha value is -1.68. The van der Waals surface area contributed by atoms with E-state index in [1.807, 2.05) is 0 Å². The summed E-state index contributed by atoms with van der Waals surface area (Å²) in [5.41, 5.74) is 1.28. The van der Waals surface area contributed by atoms with Crippen molar-refractivity contribution in [2.45, 2.75) is 13.3 Å². The summed E-state index contributed by atoms with van der Waals surface area (Å²) in [6.45, 7) is 2.90. The van der Waals surface area contributed by atoms with Gasteiger partial charge >= 0.3 is 0 Å². The van der Waals surface area contributed by atoms with Gasteiger partial charge in [-0.3, -0.25) is 0 Å². The van der Waals surface area contributed by atoms with E-state index in [1.54, 1.807) is 12.1 Å². The number of hydrogen-bond donors (Lipinski definition) is 1. The topological polar surface area (TPSA) is 37.8 Å². The van der Waals surface area contributed by atoms with Crippen LogP contribution in [0.25, 0.3) is 11.3 Å². The molecule has 1 N–H and O–H groups in total. The third-order valence-electron chi connectivity index (χ3n) is 2.38. The molecule has 0 aliphatic heterocycles. The van der Waals surface area contributed by atoms with Gasteiger partial charge in [0.2, 0.25) is 0 Å². The quantitative estimate of drug-likeness (QED) is 0.915. The molecule has 1 aromatic carbocycles. The van der Waals surface area contributed by atoms with Gasteiger partial charge in [-0.25, -0.2) is 14.4 Å². The van der Waals surface area contributed by atoms with Crippen LogP contribution in [0.2, 0.25) is 5.02 Å². The molecule has 94 valence electrons. The average Bonchev–Trinajstić information content (AvgIpc) is 2.35. The van der Waals surface area contributed by atoms with Gasteiger partial charge in [0.15, 0.2) is 0 Å². The average molecular weight is 266 g/mol. The molecule has 3 nitrogen and oxygen atoms in total. The SMILES string of the molecule is CCCNc1cc(-c2cc(F)cc(Cl)c2)ncn1. The Bertz CT molecular complexity index is 525. The standard InChI is InChI=1S/C13H13ClFN3/c1-2-3-16-13-7-12(17-8-18-13)9-4-10(14)6-11(15)5-9/h4-8H,2-3H2,1H3,(H,16,17,18).